The Balaban J connectivity index is 2.51. The normalized spacial score (nSPS) is 10.0. The predicted molar refractivity (Wildman–Crippen MR) is 87.4 cm³/mol. The van der Waals surface area contributed by atoms with Crippen LogP contribution in [0.4, 0.5) is 11.4 Å². The maximum atomic E-state index is 11.9. The highest BCUT2D eigenvalue weighted by molar-refractivity contribution is 6.29. The van der Waals surface area contributed by atoms with Crippen LogP contribution in [0.5, 0.6) is 5.75 Å². The number of aromatic nitrogens is 1. The van der Waals surface area contributed by atoms with E-state index in [1.54, 1.807) is 18.2 Å². The molecule has 0 aliphatic rings. The first-order chi connectivity index (χ1) is 11.0. The van der Waals surface area contributed by atoms with Gasteiger partial charge in [0.25, 0.3) is 11.8 Å². The summed E-state index contributed by atoms with van der Waals surface area (Å²) in [5, 5.41) is 5.76. The second-order valence-corrected chi connectivity index (χ2v) is 4.89. The quantitative estimate of drug-likeness (QED) is 0.724. The molecule has 7 nitrogen and oxygen atoms in total. The van der Waals surface area contributed by atoms with E-state index in [0.717, 1.165) is 0 Å². The van der Waals surface area contributed by atoms with E-state index in [0.29, 0.717) is 16.9 Å². The molecule has 0 fully saturated rings. The van der Waals surface area contributed by atoms with E-state index < -0.39 is 5.91 Å². The van der Waals surface area contributed by atoms with Gasteiger partial charge in [-0.25, -0.2) is 4.98 Å². The number of anilines is 2. The summed E-state index contributed by atoms with van der Waals surface area (Å²) in [5.74, 6) is -0.678. The van der Waals surface area contributed by atoms with Gasteiger partial charge in [0.05, 0.1) is 29.6 Å². The molecule has 0 aliphatic heterocycles. The molecule has 2 aromatic rings. The summed E-state index contributed by atoms with van der Waals surface area (Å²) >= 11 is 5.90. The SMILES string of the molecule is CNC(=O)c1cnc(Cl)cc1Nc1cccc(C(N)=O)c1OC. The first-order valence-electron chi connectivity index (χ1n) is 6.59. The van der Waals surface area contributed by atoms with Crippen LogP contribution < -0.4 is 21.1 Å². The molecular formula is C15H15ClN4O3. The zero-order chi connectivity index (χ0) is 17.0. The minimum Gasteiger partial charge on any atom is -0.494 e. The number of hydrogen-bond acceptors (Lipinski definition) is 5. The van der Waals surface area contributed by atoms with Crippen molar-refractivity contribution < 1.29 is 14.3 Å². The summed E-state index contributed by atoms with van der Waals surface area (Å²) in [4.78, 5) is 27.3. The second-order valence-electron chi connectivity index (χ2n) is 4.51. The molecule has 0 radical (unpaired) electrons. The Labute approximate surface area is 137 Å². The van der Waals surface area contributed by atoms with Crippen LogP contribution in [0, 0.1) is 0 Å². The molecule has 23 heavy (non-hydrogen) atoms. The van der Waals surface area contributed by atoms with Crippen molar-refractivity contribution >= 4 is 34.8 Å². The first-order valence-corrected chi connectivity index (χ1v) is 6.97. The minimum atomic E-state index is -0.621. The van der Waals surface area contributed by atoms with Crippen LogP contribution in [0.1, 0.15) is 20.7 Å². The van der Waals surface area contributed by atoms with Crippen molar-refractivity contribution in [2.75, 3.05) is 19.5 Å². The van der Waals surface area contributed by atoms with Gasteiger partial charge in [0, 0.05) is 13.2 Å². The number of nitrogens with two attached hydrogens (primary N) is 1. The lowest BCUT2D eigenvalue weighted by atomic mass is 10.1. The lowest BCUT2D eigenvalue weighted by Gasteiger charge is -2.15. The van der Waals surface area contributed by atoms with E-state index in [1.165, 1.54) is 26.4 Å². The zero-order valence-electron chi connectivity index (χ0n) is 12.5. The molecule has 8 heteroatoms. The Morgan fingerprint density at radius 2 is 2.00 bits per heavy atom. The molecule has 1 aromatic carbocycles. The molecule has 2 amide bonds. The number of nitrogens with one attached hydrogen (secondary N) is 2. The number of ether oxygens (including phenoxy) is 1. The number of para-hydroxylation sites is 1. The molecule has 1 heterocycles. The van der Waals surface area contributed by atoms with E-state index in [2.05, 4.69) is 15.6 Å². The van der Waals surface area contributed by atoms with Crippen molar-refractivity contribution in [1.29, 1.82) is 0 Å². The summed E-state index contributed by atoms with van der Waals surface area (Å²) in [6, 6.07) is 6.38. The Morgan fingerprint density at radius 3 is 2.61 bits per heavy atom. The molecule has 2 rings (SSSR count). The number of rotatable bonds is 5. The highest BCUT2D eigenvalue weighted by Crippen LogP contribution is 2.32. The highest BCUT2D eigenvalue weighted by Gasteiger charge is 2.16. The number of benzene rings is 1. The highest BCUT2D eigenvalue weighted by atomic mass is 35.5. The fourth-order valence-corrected chi connectivity index (χ4v) is 2.20. The minimum absolute atomic E-state index is 0.213. The third-order valence-electron chi connectivity index (χ3n) is 3.10. The Kier molecular flexibility index (Phi) is 5.02. The number of carbonyl (C=O) groups is 2. The summed E-state index contributed by atoms with van der Waals surface area (Å²) in [7, 11) is 2.93. The van der Waals surface area contributed by atoms with Crippen LogP contribution in [0.25, 0.3) is 0 Å². The van der Waals surface area contributed by atoms with Gasteiger partial charge in [0.15, 0.2) is 5.75 Å². The van der Waals surface area contributed by atoms with Crippen LogP contribution in [0.2, 0.25) is 5.15 Å². The number of carbonyl (C=O) groups excluding carboxylic acids is 2. The maximum Gasteiger partial charge on any atom is 0.254 e. The standard InChI is InChI=1S/C15H15ClN4O3/c1-18-15(22)9-7-19-12(16)6-11(9)20-10-5-3-4-8(14(17)21)13(10)23-2/h3-7H,1-2H3,(H2,17,21)(H,18,22)(H,19,20). The lowest BCUT2D eigenvalue weighted by molar-refractivity contribution is 0.0961. The molecule has 0 spiro atoms. The number of nitrogens with zero attached hydrogens (tertiary/aromatic N) is 1. The maximum absolute atomic E-state index is 11.9. The molecule has 0 saturated heterocycles. The third kappa shape index (κ3) is 3.51. The number of hydrogen-bond donors (Lipinski definition) is 3. The molecule has 0 saturated carbocycles. The molecule has 0 unspecified atom stereocenters. The molecular weight excluding hydrogens is 320 g/mol. The van der Waals surface area contributed by atoms with E-state index >= 15 is 0 Å². The third-order valence-corrected chi connectivity index (χ3v) is 3.30. The topological polar surface area (TPSA) is 106 Å². The van der Waals surface area contributed by atoms with E-state index in [1.807, 2.05) is 0 Å². The molecule has 0 bridgehead atoms. The fraction of sp³-hybridized carbons (Fsp3) is 0.133. The van der Waals surface area contributed by atoms with Crippen molar-refractivity contribution in [3.05, 3.63) is 46.7 Å². The van der Waals surface area contributed by atoms with Gasteiger partial charge >= 0.3 is 0 Å². The Hall–Kier alpha value is -2.80. The van der Waals surface area contributed by atoms with Crippen molar-refractivity contribution in [3.63, 3.8) is 0 Å². The fourth-order valence-electron chi connectivity index (χ4n) is 2.04. The Bertz CT molecular complexity index is 764. The van der Waals surface area contributed by atoms with E-state index in [-0.39, 0.29) is 22.4 Å². The zero-order valence-corrected chi connectivity index (χ0v) is 13.3. The average Bonchev–Trinajstić information content (AvgIpc) is 2.54. The number of pyridine rings is 1. The van der Waals surface area contributed by atoms with Gasteiger partial charge in [-0.05, 0) is 18.2 Å². The summed E-state index contributed by atoms with van der Waals surface area (Å²) in [6.07, 6.45) is 1.36. The van der Waals surface area contributed by atoms with Crippen LogP contribution in [-0.2, 0) is 0 Å². The van der Waals surface area contributed by atoms with Crippen LogP contribution in [0.3, 0.4) is 0 Å². The van der Waals surface area contributed by atoms with Crippen molar-refractivity contribution in [1.82, 2.24) is 10.3 Å². The van der Waals surface area contributed by atoms with Gasteiger partial charge in [-0.15, -0.1) is 0 Å². The summed E-state index contributed by atoms with van der Waals surface area (Å²) in [5.41, 5.74) is 6.74. The van der Waals surface area contributed by atoms with E-state index in [4.69, 9.17) is 22.1 Å². The van der Waals surface area contributed by atoms with Gasteiger partial charge in [-0.3, -0.25) is 9.59 Å². The molecule has 120 valence electrons. The van der Waals surface area contributed by atoms with Crippen molar-refractivity contribution in [2.45, 2.75) is 0 Å². The number of methoxy groups -OCH3 is 1. The van der Waals surface area contributed by atoms with Gasteiger partial charge < -0.3 is 21.1 Å². The molecule has 0 aliphatic carbocycles. The van der Waals surface area contributed by atoms with E-state index in [9.17, 15) is 9.59 Å². The Morgan fingerprint density at radius 1 is 1.26 bits per heavy atom. The van der Waals surface area contributed by atoms with Gasteiger partial charge in [-0.1, -0.05) is 17.7 Å². The lowest BCUT2D eigenvalue weighted by Crippen LogP contribution is -2.19. The van der Waals surface area contributed by atoms with Gasteiger partial charge in [-0.2, -0.15) is 0 Å². The van der Waals surface area contributed by atoms with Gasteiger partial charge in [0.1, 0.15) is 5.15 Å². The largest absolute Gasteiger partial charge is 0.494 e. The van der Waals surface area contributed by atoms with Crippen LogP contribution >= 0.6 is 11.6 Å². The van der Waals surface area contributed by atoms with Crippen molar-refractivity contribution in [3.8, 4) is 5.75 Å². The number of primary amides is 1. The first kappa shape index (κ1) is 16.6. The van der Waals surface area contributed by atoms with Gasteiger partial charge in [0.2, 0.25) is 0 Å². The molecule has 0 atom stereocenters. The number of halogens is 1. The molecule has 1 aromatic heterocycles. The summed E-state index contributed by atoms with van der Waals surface area (Å²) in [6.45, 7) is 0. The molecule has 4 N–H and O–H groups in total. The van der Waals surface area contributed by atoms with Crippen molar-refractivity contribution in [2.24, 2.45) is 5.73 Å². The van der Waals surface area contributed by atoms with Crippen LogP contribution in [-0.4, -0.2) is 31.0 Å². The monoisotopic (exact) mass is 334 g/mol. The predicted octanol–water partition coefficient (Wildman–Crippen LogP) is 1.95. The number of amides is 2. The average molecular weight is 335 g/mol. The second kappa shape index (κ2) is 6.97. The summed E-state index contributed by atoms with van der Waals surface area (Å²) < 4.78 is 5.25. The smallest absolute Gasteiger partial charge is 0.254 e. The van der Waals surface area contributed by atoms with Crippen LogP contribution in [0.15, 0.2) is 30.5 Å².